The third kappa shape index (κ3) is 4.29. The van der Waals surface area contributed by atoms with Crippen molar-refractivity contribution in [3.63, 3.8) is 0 Å². The first-order valence-electron chi connectivity index (χ1n) is 8.10. The molecule has 3 N–H and O–H groups in total. The number of hydrogen-bond acceptors (Lipinski definition) is 5. The number of rotatable bonds is 5. The van der Waals surface area contributed by atoms with Gasteiger partial charge in [-0.15, -0.1) is 0 Å². The third-order valence-electron chi connectivity index (χ3n) is 3.72. The molecule has 3 rings (SSSR count). The summed E-state index contributed by atoms with van der Waals surface area (Å²) in [6.45, 7) is 0. The highest BCUT2D eigenvalue weighted by atomic mass is 16.2. The average Bonchev–Trinajstić information content (AvgIpc) is 2.67. The summed E-state index contributed by atoms with van der Waals surface area (Å²) in [6.07, 6.45) is 4.08. The molecule has 0 radical (unpaired) electrons. The lowest BCUT2D eigenvalue weighted by molar-refractivity contribution is -0.121. The van der Waals surface area contributed by atoms with Crippen LogP contribution in [0.2, 0.25) is 0 Å². The van der Waals surface area contributed by atoms with E-state index >= 15 is 0 Å². The van der Waals surface area contributed by atoms with Crippen LogP contribution >= 0.6 is 0 Å². The Kier molecular flexibility index (Phi) is 5.33. The van der Waals surface area contributed by atoms with Crippen LogP contribution in [-0.2, 0) is 11.2 Å². The molecule has 3 aromatic rings. The minimum atomic E-state index is -0.438. The molecule has 0 aliphatic carbocycles. The van der Waals surface area contributed by atoms with Gasteiger partial charge in [0, 0.05) is 25.2 Å². The summed E-state index contributed by atoms with van der Waals surface area (Å²) in [5, 5.41) is 0.534. The number of aryl methyl sites for hydroxylation is 1. The van der Waals surface area contributed by atoms with Crippen LogP contribution in [0.3, 0.4) is 0 Å². The van der Waals surface area contributed by atoms with E-state index in [0.29, 0.717) is 35.1 Å². The van der Waals surface area contributed by atoms with Crippen LogP contribution in [0.4, 0.5) is 0 Å². The summed E-state index contributed by atoms with van der Waals surface area (Å²) < 4.78 is 0. The summed E-state index contributed by atoms with van der Waals surface area (Å²) in [4.78, 5) is 46.5. The Morgan fingerprint density at radius 1 is 1.08 bits per heavy atom. The first kappa shape index (κ1) is 17.3. The number of nitrogens with one attached hydrogen (secondary N) is 3. The van der Waals surface area contributed by atoms with Crippen LogP contribution in [-0.4, -0.2) is 26.8 Å². The van der Waals surface area contributed by atoms with E-state index in [1.165, 1.54) is 6.20 Å². The largest absolute Gasteiger partial charge is 0.310 e. The molecule has 0 atom stereocenters. The van der Waals surface area contributed by atoms with Gasteiger partial charge in [-0.25, -0.2) is 4.98 Å². The summed E-state index contributed by atoms with van der Waals surface area (Å²) >= 11 is 0. The van der Waals surface area contributed by atoms with Crippen molar-refractivity contribution in [3.8, 4) is 0 Å². The van der Waals surface area contributed by atoms with Crippen molar-refractivity contribution in [1.29, 1.82) is 0 Å². The van der Waals surface area contributed by atoms with Gasteiger partial charge in [-0.1, -0.05) is 12.1 Å². The summed E-state index contributed by atoms with van der Waals surface area (Å²) in [5.74, 6) is -0.238. The van der Waals surface area contributed by atoms with Crippen LogP contribution in [0.5, 0.6) is 0 Å². The molecule has 0 unspecified atom stereocenters. The lowest BCUT2D eigenvalue weighted by atomic mass is 10.2. The minimum Gasteiger partial charge on any atom is -0.310 e. The van der Waals surface area contributed by atoms with Gasteiger partial charge >= 0.3 is 0 Å². The number of carbonyl (C=O) groups is 2. The van der Waals surface area contributed by atoms with E-state index in [2.05, 4.69) is 25.8 Å². The van der Waals surface area contributed by atoms with Gasteiger partial charge in [0.2, 0.25) is 5.91 Å². The van der Waals surface area contributed by atoms with Gasteiger partial charge in [-0.2, -0.15) is 0 Å². The Morgan fingerprint density at radius 3 is 2.73 bits per heavy atom. The number of aromatic amines is 1. The number of carbonyl (C=O) groups excluding carboxylic acids is 2. The van der Waals surface area contributed by atoms with Crippen molar-refractivity contribution >= 4 is 22.7 Å². The molecule has 2 aromatic heterocycles. The molecule has 1 aromatic carbocycles. The van der Waals surface area contributed by atoms with E-state index in [9.17, 15) is 14.4 Å². The highest BCUT2D eigenvalue weighted by molar-refractivity contribution is 5.95. The summed E-state index contributed by atoms with van der Waals surface area (Å²) in [6, 6.07) is 10.3. The molecule has 8 heteroatoms. The van der Waals surface area contributed by atoms with Crippen molar-refractivity contribution < 1.29 is 9.59 Å². The molecule has 26 heavy (non-hydrogen) atoms. The molecule has 2 heterocycles. The molecule has 0 aliphatic heterocycles. The van der Waals surface area contributed by atoms with Crippen LogP contribution in [0.1, 0.15) is 29.0 Å². The van der Waals surface area contributed by atoms with E-state index in [4.69, 9.17) is 0 Å². The molecular weight excluding hydrogens is 334 g/mol. The second-order valence-corrected chi connectivity index (χ2v) is 5.63. The maximum absolute atomic E-state index is 12.0. The third-order valence-corrected chi connectivity index (χ3v) is 3.72. The summed E-state index contributed by atoms with van der Waals surface area (Å²) in [5.41, 5.74) is 5.46. The maximum Gasteiger partial charge on any atom is 0.271 e. The number of para-hydroxylation sites is 1. The van der Waals surface area contributed by atoms with Gasteiger partial charge in [0.1, 0.15) is 5.82 Å². The number of amides is 2. The number of H-pyrrole nitrogens is 1. The molecule has 0 bridgehead atoms. The monoisotopic (exact) mass is 351 g/mol. The predicted octanol–water partition coefficient (Wildman–Crippen LogP) is 1.10. The number of hydrazine groups is 1. The lowest BCUT2D eigenvalue weighted by Gasteiger charge is -2.07. The number of fused-ring (bicyclic) bond motifs is 1. The molecule has 0 fully saturated rings. The second-order valence-electron chi connectivity index (χ2n) is 5.63. The van der Waals surface area contributed by atoms with Crippen molar-refractivity contribution in [1.82, 2.24) is 25.8 Å². The minimum absolute atomic E-state index is 0.184. The molecular formula is C18H17N5O3. The smallest absolute Gasteiger partial charge is 0.271 e. The zero-order chi connectivity index (χ0) is 18.4. The van der Waals surface area contributed by atoms with Crippen LogP contribution in [0.15, 0.2) is 53.6 Å². The van der Waals surface area contributed by atoms with Gasteiger partial charge in [0.15, 0.2) is 0 Å². The quantitative estimate of drug-likeness (QED) is 0.595. The number of pyridine rings is 1. The highest BCUT2D eigenvalue weighted by Crippen LogP contribution is 2.07. The molecule has 8 nitrogen and oxygen atoms in total. The molecule has 0 saturated carbocycles. The van der Waals surface area contributed by atoms with Crippen LogP contribution < -0.4 is 16.4 Å². The first-order chi connectivity index (χ1) is 12.6. The van der Waals surface area contributed by atoms with E-state index in [1.807, 2.05) is 6.07 Å². The van der Waals surface area contributed by atoms with Gasteiger partial charge in [-0.3, -0.25) is 30.2 Å². The number of nitrogens with zero attached hydrogens (tertiary/aromatic N) is 2. The Hall–Kier alpha value is -3.55. The molecule has 0 spiro atoms. The van der Waals surface area contributed by atoms with Crippen molar-refractivity contribution in [3.05, 3.63) is 70.5 Å². The fraction of sp³-hybridized carbons (Fsp3) is 0.167. The van der Waals surface area contributed by atoms with Gasteiger partial charge in [0.05, 0.1) is 16.5 Å². The van der Waals surface area contributed by atoms with Crippen molar-refractivity contribution in [2.24, 2.45) is 0 Å². The molecule has 0 aliphatic rings. The SMILES string of the molecule is O=C(CCCc1nc2ccccc2c(=O)[nH]1)NNC(=O)c1cccnc1. The fourth-order valence-electron chi connectivity index (χ4n) is 2.43. The highest BCUT2D eigenvalue weighted by Gasteiger charge is 2.08. The Balaban J connectivity index is 1.48. The standard InChI is InChI=1S/C18H17N5O3/c24-16(22-23-17(25)12-5-4-10-19-11-12)9-3-8-15-20-14-7-2-1-6-13(14)18(26)21-15/h1-2,4-7,10-11H,3,8-9H2,(H,22,24)(H,23,25)(H,20,21,26). The van der Waals surface area contributed by atoms with Crippen LogP contribution in [0, 0.1) is 0 Å². The second kappa shape index (κ2) is 8.02. The fourth-order valence-corrected chi connectivity index (χ4v) is 2.43. The zero-order valence-electron chi connectivity index (χ0n) is 13.9. The first-order valence-corrected chi connectivity index (χ1v) is 8.10. The molecule has 0 saturated heterocycles. The Morgan fingerprint density at radius 2 is 1.92 bits per heavy atom. The Bertz CT molecular complexity index is 985. The van der Waals surface area contributed by atoms with Crippen molar-refractivity contribution in [2.45, 2.75) is 19.3 Å². The zero-order valence-corrected chi connectivity index (χ0v) is 13.9. The topological polar surface area (TPSA) is 117 Å². The number of benzene rings is 1. The average molecular weight is 351 g/mol. The number of hydrogen-bond donors (Lipinski definition) is 3. The maximum atomic E-state index is 12.0. The van der Waals surface area contributed by atoms with Crippen LogP contribution in [0.25, 0.3) is 10.9 Å². The van der Waals surface area contributed by atoms with Gasteiger partial charge in [-0.05, 0) is 30.7 Å². The molecule has 2 amide bonds. The van der Waals surface area contributed by atoms with Crippen molar-refractivity contribution in [2.75, 3.05) is 0 Å². The molecule has 132 valence electrons. The van der Waals surface area contributed by atoms with E-state index in [-0.39, 0.29) is 17.9 Å². The van der Waals surface area contributed by atoms with E-state index < -0.39 is 5.91 Å². The predicted molar refractivity (Wildman–Crippen MR) is 95.1 cm³/mol. The number of aromatic nitrogens is 3. The van der Waals surface area contributed by atoms with E-state index in [0.717, 1.165) is 0 Å². The summed E-state index contributed by atoms with van der Waals surface area (Å²) in [7, 11) is 0. The van der Waals surface area contributed by atoms with E-state index in [1.54, 1.807) is 36.5 Å². The lowest BCUT2D eigenvalue weighted by Crippen LogP contribution is -2.41. The van der Waals surface area contributed by atoms with Gasteiger partial charge < -0.3 is 4.98 Å². The Labute approximate surface area is 148 Å². The van der Waals surface area contributed by atoms with Gasteiger partial charge in [0.25, 0.3) is 11.5 Å². The normalized spacial score (nSPS) is 10.5.